The van der Waals surface area contributed by atoms with Crippen molar-refractivity contribution in [3.63, 3.8) is 0 Å². The third kappa shape index (κ3) is 4.22. The van der Waals surface area contributed by atoms with Crippen LogP contribution in [0.4, 0.5) is 10.1 Å². The minimum Gasteiger partial charge on any atom is -0.312 e. The molecule has 2 aromatic carbocycles. The predicted molar refractivity (Wildman–Crippen MR) is 94.0 cm³/mol. The summed E-state index contributed by atoms with van der Waals surface area (Å²) in [6.45, 7) is 0.290. The van der Waals surface area contributed by atoms with Gasteiger partial charge in [0.1, 0.15) is 5.82 Å². The van der Waals surface area contributed by atoms with E-state index >= 15 is 0 Å². The highest BCUT2D eigenvalue weighted by Gasteiger charge is 2.35. The summed E-state index contributed by atoms with van der Waals surface area (Å²) >= 11 is 5.85. The molecule has 1 saturated heterocycles. The summed E-state index contributed by atoms with van der Waals surface area (Å²) in [6.07, 6.45) is 1.55. The van der Waals surface area contributed by atoms with Crippen molar-refractivity contribution >= 4 is 35.3 Å². The van der Waals surface area contributed by atoms with Gasteiger partial charge in [0.2, 0.25) is 11.8 Å². The lowest BCUT2D eigenvalue weighted by Crippen LogP contribution is -2.30. The van der Waals surface area contributed by atoms with E-state index in [1.807, 2.05) is 0 Å². The normalized spacial score (nSPS) is 17.3. The Balaban J connectivity index is 1.59. The maximum Gasteiger partial charge on any atom is 0.245 e. The van der Waals surface area contributed by atoms with Crippen LogP contribution in [0.5, 0.6) is 0 Å². The zero-order valence-corrected chi connectivity index (χ0v) is 13.9. The average molecular weight is 360 g/mol. The molecule has 7 heteroatoms. The highest BCUT2D eigenvalue weighted by atomic mass is 35.5. The summed E-state index contributed by atoms with van der Waals surface area (Å²) in [7, 11) is 0. The van der Waals surface area contributed by atoms with E-state index in [9.17, 15) is 14.0 Å². The molecule has 25 heavy (non-hydrogen) atoms. The van der Waals surface area contributed by atoms with Crippen molar-refractivity contribution in [3.05, 3.63) is 64.9 Å². The maximum atomic E-state index is 12.8. The molecule has 0 bridgehead atoms. The molecule has 128 valence electrons. The number of carbonyl (C=O) groups excluding carboxylic acids is 2. The highest BCUT2D eigenvalue weighted by molar-refractivity contribution is 6.30. The fraction of sp³-hybridized carbons (Fsp3) is 0.167. The molecule has 0 radical (unpaired) electrons. The Bertz CT molecular complexity index is 806. The second kappa shape index (κ2) is 7.44. The number of amides is 2. The lowest BCUT2D eigenvalue weighted by molar-refractivity contribution is -0.126. The van der Waals surface area contributed by atoms with E-state index in [1.165, 1.54) is 18.3 Å². The predicted octanol–water partition coefficient (Wildman–Crippen LogP) is 2.98. The van der Waals surface area contributed by atoms with Crippen LogP contribution in [0.3, 0.4) is 0 Å². The maximum absolute atomic E-state index is 12.8. The van der Waals surface area contributed by atoms with E-state index in [2.05, 4.69) is 10.5 Å². The Hall–Kier alpha value is -2.73. The van der Waals surface area contributed by atoms with Gasteiger partial charge in [-0.2, -0.15) is 5.10 Å². The third-order valence-electron chi connectivity index (χ3n) is 3.89. The van der Waals surface area contributed by atoms with Gasteiger partial charge in [-0.1, -0.05) is 23.7 Å². The first kappa shape index (κ1) is 17.1. The molecular formula is C18H15ClFN3O2. The van der Waals surface area contributed by atoms with Crippen molar-refractivity contribution in [3.8, 4) is 0 Å². The Morgan fingerprint density at radius 3 is 2.56 bits per heavy atom. The Labute approximate surface area is 149 Å². The molecule has 0 aromatic heterocycles. The summed E-state index contributed by atoms with van der Waals surface area (Å²) in [5.74, 6) is -1.27. The number of hydrazone groups is 1. The Morgan fingerprint density at radius 1 is 1.20 bits per heavy atom. The second-order valence-corrected chi connectivity index (χ2v) is 6.10. The summed E-state index contributed by atoms with van der Waals surface area (Å²) in [5, 5.41) is 4.44. The van der Waals surface area contributed by atoms with Crippen molar-refractivity contribution < 1.29 is 14.0 Å². The Morgan fingerprint density at radius 2 is 1.88 bits per heavy atom. The molecule has 1 fully saturated rings. The van der Waals surface area contributed by atoms with Gasteiger partial charge < -0.3 is 4.90 Å². The van der Waals surface area contributed by atoms with Crippen LogP contribution in [0.1, 0.15) is 12.0 Å². The number of hydrogen-bond donors (Lipinski definition) is 1. The van der Waals surface area contributed by atoms with Crippen LogP contribution in [0, 0.1) is 11.7 Å². The molecule has 2 aromatic rings. The monoisotopic (exact) mass is 359 g/mol. The zero-order chi connectivity index (χ0) is 17.8. The van der Waals surface area contributed by atoms with Gasteiger partial charge in [0, 0.05) is 23.7 Å². The second-order valence-electron chi connectivity index (χ2n) is 5.67. The quantitative estimate of drug-likeness (QED) is 0.674. The van der Waals surface area contributed by atoms with E-state index in [0.29, 0.717) is 22.8 Å². The summed E-state index contributed by atoms with van der Waals surface area (Å²) < 4.78 is 12.8. The summed E-state index contributed by atoms with van der Waals surface area (Å²) in [6, 6.07) is 12.6. The molecule has 0 saturated carbocycles. The molecule has 1 unspecified atom stereocenters. The van der Waals surface area contributed by atoms with Crippen molar-refractivity contribution in [1.82, 2.24) is 5.43 Å². The molecular weight excluding hydrogens is 345 g/mol. The van der Waals surface area contributed by atoms with Crippen LogP contribution < -0.4 is 10.3 Å². The van der Waals surface area contributed by atoms with E-state index in [4.69, 9.17) is 11.6 Å². The van der Waals surface area contributed by atoms with Crippen LogP contribution in [-0.4, -0.2) is 24.6 Å². The van der Waals surface area contributed by atoms with E-state index in [-0.39, 0.29) is 24.1 Å². The molecule has 0 spiro atoms. The van der Waals surface area contributed by atoms with Crippen LogP contribution >= 0.6 is 11.6 Å². The van der Waals surface area contributed by atoms with Crippen LogP contribution in [0.25, 0.3) is 0 Å². The van der Waals surface area contributed by atoms with Gasteiger partial charge in [0.25, 0.3) is 0 Å². The number of anilines is 1. The molecule has 1 N–H and O–H groups in total. The van der Waals surface area contributed by atoms with E-state index in [1.54, 1.807) is 41.3 Å². The van der Waals surface area contributed by atoms with Gasteiger partial charge in [0.05, 0.1) is 12.1 Å². The number of hydrogen-bond acceptors (Lipinski definition) is 3. The number of benzene rings is 2. The Kier molecular flexibility index (Phi) is 5.09. The molecule has 1 aliphatic heterocycles. The minimum absolute atomic E-state index is 0.120. The SMILES string of the molecule is O=C(NN=Cc1ccc(F)cc1)C1CC(=O)N(c2ccc(Cl)cc2)C1. The fourth-order valence-corrected chi connectivity index (χ4v) is 2.69. The smallest absolute Gasteiger partial charge is 0.245 e. The van der Waals surface area contributed by atoms with Crippen LogP contribution in [0.15, 0.2) is 53.6 Å². The van der Waals surface area contributed by atoms with E-state index < -0.39 is 5.92 Å². The topological polar surface area (TPSA) is 61.8 Å². The highest BCUT2D eigenvalue weighted by Crippen LogP contribution is 2.26. The van der Waals surface area contributed by atoms with Gasteiger partial charge >= 0.3 is 0 Å². The molecule has 0 aliphatic carbocycles. The largest absolute Gasteiger partial charge is 0.312 e. The summed E-state index contributed by atoms with van der Waals surface area (Å²) in [5.41, 5.74) is 3.79. The average Bonchev–Trinajstić information content (AvgIpc) is 2.99. The summed E-state index contributed by atoms with van der Waals surface area (Å²) in [4.78, 5) is 25.9. The van der Waals surface area contributed by atoms with E-state index in [0.717, 1.165) is 0 Å². The zero-order valence-electron chi connectivity index (χ0n) is 13.2. The lowest BCUT2D eigenvalue weighted by atomic mass is 10.1. The minimum atomic E-state index is -0.478. The first-order chi connectivity index (χ1) is 12.0. The molecule has 1 atom stereocenters. The number of nitrogens with one attached hydrogen (secondary N) is 1. The number of nitrogens with zero attached hydrogens (tertiary/aromatic N) is 2. The van der Waals surface area contributed by atoms with Gasteiger partial charge in [-0.3, -0.25) is 9.59 Å². The van der Waals surface area contributed by atoms with Crippen LogP contribution in [-0.2, 0) is 9.59 Å². The number of halogens is 2. The standard InChI is InChI=1S/C18H15ClFN3O2/c19-14-3-7-16(8-4-14)23-11-13(9-17(23)24)18(25)22-21-10-12-1-5-15(20)6-2-12/h1-8,10,13H,9,11H2,(H,22,25). The van der Waals surface area contributed by atoms with Crippen molar-refractivity contribution in [1.29, 1.82) is 0 Å². The van der Waals surface area contributed by atoms with Gasteiger partial charge in [-0.25, -0.2) is 9.82 Å². The first-order valence-corrected chi connectivity index (χ1v) is 8.05. The molecule has 1 aliphatic rings. The first-order valence-electron chi connectivity index (χ1n) is 7.67. The third-order valence-corrected chi connectivity index (χ3v) is 4.14. The van der Waals surface area contributed by atoms with Gasteiger partial charge in [-0.05, 0) is 42.0 Å². The fourth-order valence-electron chi connectivity index (χ4n) is 2.56. The molecule has 1 heterocycles. The van der Waals surface area contributed by atoms with Crippen molar-refractivity contribution in [2.45, 2.75) is 6.42 Å². The van der Waals surface area contributed by atoms with Gasteiger partial charge in [0.15, 0.2) is 0 Å². The number of carbonyl (C=O) groups is 2. The van der Waals surface area contributed by atoms with Crippen molar-refractivity contribution in [2.75, 3.05) is 11.4 Å². The molecule has 2 amide bonds. The van der Waals surface area contributed by atoms with Crippen molar-refractivity contribution in [2.24, 2.45) is 11.0 Å². The molecule has 3 rings (SSSR count). The lowest BCUT2D eigenvalue weighted by Gasteiger charge is -2.16. The molecule has 5 nitrogen and oxygen atoms in total. The number of rotatable bonds is 4. The van der Waals surface area contributed by atoms with Crippen LogP contribution in [0.2, 0.25) is 5.02 Å². The van der Waals surface area contributed by atoms with Gasteiger partial charge in [-0.15, -0.1) is 0 Å².